The molecule has 2 aliphatic rings. The number of carbonyl (C=O) groups is 2. The van der Waals surface area contributed by atoms with Crippen molar-refractivity contribution in [2.75, 3.05) is 7.11 Å². The molecule has 0 aliphatic carbocycles. The van der Waals surface area contributed by atoms with Gasteiger partial charge in [-0.1, -0.05) is 20.8 Å². The molecule has 0 amide bonds. The van der Waals surface area contributed by atoms with Gasteiger partial charge in [-0.05, 0) is 25.7 Å². The topological polar surface area (TPSA) is 61.8 Å². The number of hydrogen-bond acceptors (Lipinski definition) is 5. The average Bonchev–Trinajstić information content (AvgIpc) is 2.51. The second kappa shape index (κ2) is 6.67. The molecule has 1 spiro atoms. The van der Waals surface area contributed by atoms with Crippen LogP contribution in [0.15, 0.2) is 0 Å². The van der Waals surface area contributed by atoms with Gasteiger partial charge in [0.25, 0.3) is 0 Å². The van der Waals surface area contributed by atoms with Crippen molar-refractivity contribution < 1.29 is 23.8 Å². The lowest BCUT2D eigenvalue weighted by molar-refractivity contribution is -0.341. The molecule has 0 aromatic carbocycles. The molecule has 22 heavy (non-hydrogen) atoms. The predicted molar refractivity (Wildman–Crippen MR) is 81.1 cm³/mol. The second-order valence-electron chi connectivity index (χ2n) is 6.80. The van der Waals surface area contributed by atoms with E-state index in [1.54, 1.807) is 0 Å². The van der Waals surface area contributed by atoms with Crippen molar-refractivity contribution in [1.82, 2.24) is 0 Å². The van der Waals surface area contributed by atoms with E-state index in [1.807, 2.05) is 13.8 Å². The van der Waals surface area contributed by atoms with Crippen molar-refractivity contribution in [1.29, 1.82) is 0 Å². The van der Waals surface area contributed by atoms with E-state index in [0.29, 0.717) is 19.3 Å². The lowest BCUT2D eigenvalue weighted by Gasteiger charge is -2.51. The summed E-state index contributed by atoms with van der Waals surface area (Å²) in [6.07, 6.45) is 1.99. The largest absolute Gasteiger partial charge is 0.469 e. The first kappa shape index (κ1) is 17.4. The van der Waals surface area contributed by atoms with E-state index in [4.69, 9.17) is 14.2 Å². The molecule has 5 heteroatoms. The quantitative estimate of drug-likeness (QED) is 0.750. The van der Waals surface area contributed by atoms with E-state index in [-0.39, 0.29) is 35.6 Å². The van der Waals surface area contributed by atoms with Crippen molar-refractivity contribution in [3.63, 3.8) is 0 Å². The molecule has 5 nitrogen and oxygen atoms in total. The van der Waals surface area contributed by atoms with Gasteiger partial charge in [0.1, 0.15) is 6.10 Å². The number of esters is 1. The molecule has 126 valence electrons. The molecule has 6 atom stereocenters. The summed E-state index contributed by atoms with van der Waals surface area (Å²) in [5.41, 5.74) is 0. The van der Waals surface area contributed by atoms with Crippen molar-refractivity contribution in [3.05, 3.63) is 0 Å². The lowest BCUT2D eigenvalue weighted by Crippen LogP contribution is -2.58. The maximum absolute atomic E-state index is 11.9. The molecule has 0 radical (unpaired) electrons. The Bertz CT molecular complexity index is 435. The Hall–Kier alpha value is -0.940. The predicted octanol–water partition coefficient (Wildman–Crippen LogP) is 2.71. The van der Waals surface area contributed by atoms with Crippen LogP contribution in [0, 0.1) is 17.8 Å². The minimum atomic E-state index is -0.742. The zero-order valence-corrected chi connectivity index (χ0v) is 14.3. The van der Waals surface area contributed by atoms with E-state index in [9.17, 15) is 9.59 Å². The molecule has 2 saturated heterocycles. The summed E-state index contributed by atoms with van der Waals surface area (Å²) in [5.74, 6) is -0.748. The first-order valence-corrected chi connectivity index (χ1v) is 8.30. The molecular formula is C17H28O5. The summed E-state index contributed by atoms with van der Waals surface area (Å²) < 4.78 is 17.3. The highest BCUT2D eigenvalue weighted by Gasteiger charge is 2.52. The number of ether oxygens (including phenoxy) is 3. The number of ketones is 1. The zero-order valence-electron chi connectivity index (χ0n) is 14.3. The van der Waals surface area contributed by atoms with E-state index in [1.165, 1.54) is 7.11 Å². The second-order valence-corrected chi connectivity index (χ2v) is 6.80. The SMILES string of the molecule is CC[C@H]1O[C@@]2(CCC1=O)O[C@H]([C@@H](C)C(=O)OC)[C@@H](C)CC2C. The highest BCUT2D eigenvalue weighted by Crippen LogP contribution is 2.46. The van der Waals surface area contributed by atoms with Crippen LogP contribution in [0.1, 0.15) is 53.4 Å². The van der Waals surface area contributed by atoms with Crippen molar-refractivity contribution in [2.24, 2.45) is 17.8 Å². The molecule has 2 rings (SSSR count). The maximum atomic E-state index is 11.9. The first-order chi connectivity index (χ1) is 10.3. The summed E-state index contributed by atoms with van der Waals surface area (Å²) in [4.78, 5) is 23.8. The number of methoxy groups -OCH3 is 1. The number of hydrogen-bond donors (Lipinski definition) is 0. The summed E-state index contributed by atoms with van der Waals surface area (Å²) >= 11 is 0. The standard InChI is InChI=1S/C17H28O5/c1-6-14-13(18)7-8-17(21-14)11(3)9-10(2)15(22-17)12(4)16(19)20-5/h10-12,14-15H,6-9H2,1-5H3/t10-,11?,12+,14+,15-,17-/m0/s1. The van der Waals surface area contributed by atoms with Gasteiger partial charge in [-0.3, -0.25) is 9.59 Å². The highest BCUT2D eigenvalue weighted by molar-refractivity contribution is 5.83. The van der Waals surface area contributed by atoms with Crippen LogP contribution in [0.5, 0.6) is 0 Å². The molecule has 0 aromatic heterocycles. The van der Waals surface area contributed by atoms with Gasteiger partial charge >= 0.3 is 5.97 Å². The fraction of sp³-hybridized carbons (Fsp3) is 0.882. The van der Waals surface area contributed by atoms with Crippen LogP contribution in [0.2, 0.25) is 0 Å². The van der Waals surface area contributed by atoms with Crippen LogP contribution >= 0.6 is 0 Å². The van der Waals surface area contributed by atoms with E-state index >= 15 is 0 Å². The van der Waals surface area contributed by atoms with Crippen molar-refractivity contribution in [2.45, 2.75) is 71.4 Å². The van der Waals surface area contributed by atoms with Crippen LogP contribution in [0.25, 0.3) is 0 Å². The lowest BCUT2D eigenvalue weighted by atomic mass is 9.77. The number of carbonyl (C=O) groups excluding carboxylic acids is 2. The van der Waals surface area contributed by atoms with Gasteiger partial charge in [-0.15, -0.1) is 0 Å². The molecule has 0 aromatic rings. The van der Waals surface area contributed by atoms with Crippen LogP contribution in [-0.4, -0.2) is 36.9 Å². The van der Waals surface area contributed by atoms with Gasteiger partial charge in [0, 0.05) is 18.8 Å². The van der Waals surface area contributed by atoms with E-state index in [2.05, 4.69) is 13.8 Å². The normalized spacial score (nSPS) is 40.5. The minimum absolute atomic E-state index is 0.153. The third-order valence-corrected chi connectivity index (χ3v) is 5.23. The molecular weight excluding hydrogens is 284 g/mol. The third kappa shape index (κ3) is 3.06. The first-order valence-electron chi connectivity index (χ1n) is 8.30. The van der Waals surface area contributed by atoms with E-state index in [0.717, 1.165) is 6.42 Å². The molecule has 0 N–H and O–H groups in total. The summed E-state index contributed by atoms with van der Waals surface area (Å²) in [7, 11) is 1.40. The monoisotopic (exact) mass is 312 g/mol. The zero-order chi connectivity index (χ0) is 16.5. The molecule has 2 aliphatic heterocycles. The fourth-order valence-corrected chi connectivity index (χ4v) is 3.83. The van der Waals surface area contributed by atoms with Crippen LogP contribution in [0.3, 0.4) is 0 Å². The highest BCUT2D eigenvalue weighted by atomic mass is 16.7. The van der Waals surface area contributed by atoms with Gasteiger partial charge in [0.2, 0.25) is 0 Å². The molecule has 2 heterocycles. The van der Waals surface area contributed by atoms with Gasteiger partial charge in [-0.2, -0.15) is 0 Å². The minimum Gasteiger partial charge on any atom is -0.469 e. The molecule has 0 bridgehead atoms. The Labute approximate surface area is 132 Å². The van der Waals surface area contributed by atoms with Crippen LogP contribution < -0.4 is 0 Å². The third-order valence-electron chi connectivity index (χ3n) is 5.23. The Kier molecular flexibility index (Phi) is 5.28. The number of Topliss-reactive ketones (excluding diaryl/α,β-unsaturated/α-hetero) is 1. The summed E-state index contributed by atoms with van der Waals surface area (Å²) in [6, 6.07) is 0. The Morgan fingerprint density at radius 2 is 2.09 bits per heavy atom. The maximum Gasteiger partial charge on any atom is 0.311 e. The molecule has 0 saturated carbocycles. The Morgan fingerprint density at radius 1 is 1.41 bits per heavy atom. The van der Waals surface area contributed by atoms with Gasteiger partial charge in [-0.25, -0.2) is 0 Å². The van der Waals surface area contributed by atoms with E-state index < -0.39 is 11.9 Å². The smallest absolute Gasteiger partial charge is 0.311 e. The van der Waals surface area contributed by atoms with Gasteiger partial charge in [0.15, 0.2) is 11.6 Å². The molecule has 1 unspecified atom stereocenters. The Morgan fingerprint density at radius 3 is 2.68 bits per heavy atom. The average molecular weight is 312 g/mol. The van der Waals surface area contributed by atoms with Gasteiger partial charge in [0.05, 0.1) is 19.1 Å². The Balaban J connectivity index is 2.21. The summed E-state index contributed by atoms with van der Waals surface area (Å²) in [5, 5.41) is 0. The van der Waals surface area contributed by atoms with Crippen LogP contribution in [0.4, 0.5) is 0 Å². The summed E-state index contributed by atoms with van der Waals surface area (Å²) in [6.45, 7) is 7.99. The van der Waals surface area contributed by atoms with Crippen LogP contribution in [-0.2, 0) is 23.8 Å². The fourth-order valence-electron chi connectivity index (χ4n) is 3.83. The van der Waals surface area contributed by atoms with Crippen molar-refractivity contribution >= 4 is 11.8 Å². The van der Waals surface area contributed by atoms with Crippen molar-refractivity contribution in [3.8, 4) is 0 Å². The number of rotatable bonds is 3. The molecule has 2 fully saturated rings. The van der Waals surface area contributed by atoms with Gasteiger partial charge < -0.3 is 14.2 Å².